The van der Waals surface area contributed by atoms with Crippen LogP contribution in [-0.2, 0) is 11.3 Å². The van der Waals surface area contributed by atoms with Gasteiger partial charge in [-0.25, -0.2) is 0 Å². The van der Waals surface area contributed by atoms with E-state index in [0.29, 0.717) is 23.6 Å². The predicted octanol–water partition coefficient (Wildman–Crippen LogP) is 3.89. The number of hydrogen-bond donors (Lipinski definition) is 1. The molecule has 7 nitrogen and oxygen atoms in total. The van der Waals surface area contributed by atoms with Crippen LogP contribution in [0.3, 0.4) is 0 Å². The molecular formula is C28H37N3O4. The average molecular weight is 480 g/mol. The fourth-order valence-corrected chi connectivity index (χ4v) is 5.59. The minimum absolute atomic E-state index is 0.148. The van der Waals surface area contributed by atoms with Crippen molar-refractivity contribution in [2.24, 2.45) is 11.8 Å². The molecule has 2 aromatic carbocycles. The second kappa shape index (κ2) is 11.1. The number of amides is 2. The average Bonchev–Trinajstić information content (AvgIpc) is 3.12. The van der Waals surface area contributed by atoms with Crippen LogP contribution in [0.25, 0.3) is 0 Å². The Hall–Kier alpha value is -3.06. The second-order valence-corrected chi connectivity index (χ2v) is 9.95. The Morgan fingerprint density at radius 1 is 1.06 bits per heavy atom. The molecule has 0 aliphatic carbocycles. The van der Waals surface area contributed by atoms with E-state index >= 15 is 0 Å². The van der Waals surface area contributed by atoms with Crippen LogP contribution in [0.5, 0.6) is 11.5 Å². The lowest BCUT2D eigenvalue weighted by molar-refractivity contribution is -0.125. The van der Waals surface area contributed by atoms with Gasteiger partial charge in [0.2, 0.25) is 5.91 Å². The lowest BCUT2D eigenvalue weighted by atomic mass is 9.92. The summed E-state index contributed by atoms with van der Waals surface area (Å²) in [6.45, 7) is 8.67. The van der Waals surface area contributed by atoms with Gasteiger partial charge in [-0.3, -0.25) is 9.59 Å². The number of nitrogens with zero attached hydrogens (tertiary/aromatic N) is 2. The van der Waals surface area contributed by atoms with Gasteiger partial charge in [0, 0.05) is 30.8 Å². The maximum absolute atomic E-state index is 13.4. The molecule has 1 saturated heterocycles. The van der Waals surface area contributed by atoms with Crippen LogP contribution in [0.4, 0.5) is 0 Å². The standard InChI is InChI=1S/C28H37N3O4/c1-19-14-20(2)17-30(16-19)13-7-12-29-27(32)26-23-8-5-6-9-24(23)28(33)31(26)18-21-15-22(34-3)10-11-25(21)35-4/h5-6,8-11,15,19-20,26H,7,12-14,16-18H2,1-4H3,(H,29,32)/t19-,20-,26+/m0/s1. The molecule has 0 bridgehead atoms. The van der Waals surface area contributed by atoms with Gasteiger partial charge in [0.1, 0.15) is 17.5 Å². The maximum Gasteiger partial charge on any atom is 0.255 e. The van der Waals surface area contributed by atoms with Gasteiger partial charge in [-0.1, -0.05) is 32.0 Å². The van der Waals surface area contributed by atoms with E-state index in [0.717, 1.165) is 49.0 Å². The summed E-state index contributed by atoms with van der Waals surface area (Å²) in [5.74, 6) is 2.46. The van der Waals surface area contributed by atoms with Crippen molar-refractivity contribution in [2.45, 2.75) is 39.3 Å². The van der Waals surface area contributed by atoms with Crippen molar-refractivity contribution in [3.63, 3.8) is 0 Å². The van der Waals surface area contributed by atoms with Crippen LogP contribution in [0, 0.1) is 11.8 Å². The smallest absolute Gasteiger partial charge is 0.255 e. The van der Waals surface area contributed by atoms with E-state index in [1.807, 2.05) is 36.4 Å². The highest BCUT2D eigenvalue weighted by Crippen LogP contribution is 2.37. The molecule has 1 fully saturated rings. The van der Waals surface area contributed by atoms with Crippen molar-refractivity contribution in [1.29, 1.82) is 0 Å². The molecular weight excluding hydrogens is 442 g/mol. The quantitative estimate of drug-likeness (QED) is 0.553. The minimum atomic E-state index is -0.676. The lowest BCUT2D eigenvalue weighted by Gasteiger charge is -2.35. The number of carbonyl (C=O) groups is 2. The second-order valence-electron chi connectivity index (χ2n) is 9.95. The Balaban J connectivity index is 1.46. The number of benzene rings is 2. The van der Waals surface area contributed by atoms with Gasteiger partial charge in [-0.05, 0) is 61.1 Å². The number of piperidine rings is 1. The summed E-state index contributed by atoms with van der Waals surface area (Å²) in [6, 6.07) is 12.2. The Labute approximate surface area is 208 Å². The van der Waals surface area contributed by atoms with Crippen molar-refractivity contribution in [2.75, 3.05) is 40.4 Å². The van der Waals surface area contributed by atoms with Crippen LogP contribution >= 0.6 is 0 Å². The summed E-state index contributed by atoms with van der Waals surface area (Å²) in [7, 11) is 3.20. The summed E-state index contributed by atoms with van der Waals surface area (Å²) >= 11 is 0. The largest absolute Gasteiger partial charge is 0.497 e. The lowest BCUT2D eigenvalue weighted by Crippen LogP contribution is -2.41. The molecule has 0 aromatic heterocycles. The molecule has 188 valence electrons. The summed E-state index contributed by atoms with van der Waals surface area (Å²) in [5, 5.41) is 3.10. The van der Waals surface area contributed by atoms with Crippen molar-refractivity contribution < 1.29 is 19.1 Å². The van der Waals surface area contributed by atoms with Gasteiger partial charge in [-0.15, -0.1) is 0 Å². The third kappa shape index (κ3) is 5.61. The van der Waals surface area contributed by atoms with Gasteiger partial charge in [0.25, 0.3) is 5.91 Å². The van der Waals surface area contributed by atoms with Gasteiger partial charge < -0.3 is 24.6 Å². The highest BCUT2D eigenvalue weighted by atomic mass is 16.5. The van der Waals surface area contributed by atoms with E-state index in [1.165, 1.54) is 6.42 Å². The number of rotatable bonds is 9. The monoisotopic (exact) mass is 479 g/mol. The first-order valence-electron chi connectivity index (χ1n) is 12.5. The summed E-state index contributed by atoms with van der Waals surface area (Å²) in [4.78, 5) is 30.9. The van der Waals surface area contributed by atoms with Crippen LogP contribution in [0.15, 0.2) is 42.5 Å². The third-order valence-corrected chi connectivity index (χ3v) is 7.03. The van der Waals surface area contributed by atoms with Gasteiger partial charge in [-0.2, -0.15) is 0 Å². The molecule has 0 spiro atoms. The van der Waals surface area contributed by atoms with Crippen LogP contribution in [0.1, 0.15) is 54.2 Å². The first-order chi connectivity index (χ1) is 16.9. The normalized spacial score (nSPS) is 22.1. The van der Waals surface area contributed by atoms with E-state index in [-0.39, 0.29) is 18.4 Å². The molecule has 2 amide bonds. The summed E-state index contributed by atoms with van der Waals surface area (Å²) in [5.41, 5.74) is 2.11. The minimum Gasteiger partial charge on any atom is -0.497 e. The number of carbonyl (C=O) groups excluding carboxylic acids is 2. The number of likely N-dealkylation sites (tertiary alicyclic amines) is 1. The van der Waals surface area contributed by atoms with E-state index in [1.54, 1.807) is 25.2 Å². The Morgan fingerprint density at radius 2 is 1.80 bits per heavy atom. The van der Waals surface area contributed by atoms with Crippen LogP contribution in [-0.4, -0.2) is 62.0 Å². The first-order valence-corrected chi connectivity index (χ1v) is 12.5. The predicted molar refractivity (Wildman–Crippen MR) is 136 cm³/mol. The topological polar surface area (TPSA) is 71.1 Å². The van der Waals surface area contributed by atoms with E-state index in [9.17, 15) is 9.59 Å². The van der Waals surface area contributed by atoms with Gasteiger partial charge in [0.15, 0.2) is 0 Å². The van der Waals surface area contributed by atoms with E-state index in [4.69, 9.17) is 9.47 Å². The van der Waals surface area contributed by atoms with Crippen molar-refractivity contribution in [1.82, 2.24) is 15.1 Å². The highest BCUT2D eigenvalue weighted by molar-refractivity contribution is 6.04. The van der Waals surface area contributed by atoms with Crippen LogP contribution in [0.2, 0.25) is 0 Å². The molecule has 0 saturated carbocycles. The molecule has 3 atom stereocenters. The molecule has 7 heteroatoms. The zero-order valence-corrected chi connectivity index (χ0v) is 21.3. The molecule has 2 aliphatic heterocycles. The number of methoxy groups -OCH3 is 2. The van der Waals surface area contributed by atoms with Gasteiger partial charge in [0.05, 0.1) is 20.8 Å². The van der Waals surface area contributed by atoms with Gasteiger partial charge >= 0.3 is 0 Å². The molecule has 0 radical (unpaired) electrons. The molecule has 1 N–H and O–H groups in total. The van der Waals surface area contributed by atoms with E-state index in [2.05, 4.69) is 24.1 Å². The fourth-order valence-electron chi connectivity index (χ4n) is 5.59. The molecule has 4 rings (SSSR count). The van der Waals surface area contributed by atoms with E-state index < -0.39 is 6.04 Å². The van der Waals surface area contributed by atoms with Crippen LogP contribution < -0.4 is 14.8 Å². The zero-order chi connectivity index (χ0) is 24.9. The number of fused-ring (bicyclic) bond motifs is 1. The molecule has 35 heavy (non-hydrogen) atoms. The summed E-state index contributed by atoms with van der Waals surface area (Å²) in [6.07, 6.45) is 2.17. The number of ether oxygens (including phenoxy) is 2. The molecule has 2 aliphatic rings. The Morgan fingerprint density at radius 3 is 2.51 bits per heavy atom. The Bertz CT molecular complexity index is 1050. The third-order valence-electron chi connectivity index (χ3n) is 7.03. The maximum atomic E-state index is 13.4. The summed E-state index contributed by atoms with van der Waals surface area (Å²) < 4.78 is 10.9. The SMILES string of the molecule is COc1ccc(OC)c(CN2C(=O)c3ccccc3[C@@H]2C(=O)NCCCN2C[C@@H](C)C[C@H](C)C2)c1. The zero-order valence-electron chi connectivity index (χ0n) is 21.3. The fraction of sp³-hybridized carbons (Fsp3) is 0.500. The molecule has 2 aromatic rings. The van der Waals surface area contributed by atoms with Crippen molar-refractivity contribution in [3.8, 4) is 11.5 Å². The Kier molecular flexibility index (Phi) is 7.96. The molecule has 0 unspecified atom stereocenters. The van der Waals surface area contributed by atoms with Crippen molar-refractivity contribution >= 4 is 11.8 Å². The van der Waals surface area contributed by atoms with Crippen molar-refractivity contribution in [3.05, 3.63) is 59.2 Å². The molecule has 2 heterocycles. The first kappa shape index (κ1) is 25.0. The number of nitrogens with one attached hydrogen (secondary N) is 1. The highest BCUT2D eigenvalue weighted by Gasteiger charge is 2.41. The number of hydrogen-bond acceptors (Lipinski definition) is 5.